The summed E-state index contributed by atoms with van der Waals surface area (Å²) in [5.74, 6) is 0. The fourth-order valence-electron chi connectivity index (χ4n) is 0.797. The molecule has 0 bridgehead atoms. The molecule has 0 unspecified atom stereocenters. The number of aliphatic hydroxyl groups excluding tert-OH is 2. The zero-order valence-electron chi connectivity index (χ0n) is 7.13. The molecular formula is C5H16NO6P. The third kappa shape index (κ3) is 9.91. The van der Waals surface area contributed by atoms with Crippen molar-refractivity contribution in [2.75, 3.05) is 32.6 Å². The van der Waals surface area contributed by atoms with Crippen LogP contribution in [0.3, 0.4) is 0 Å². The van der Waals surface area contributed by atoms with Gasteiger partial charge in [0.05, 0.1) is 13.2 Å². The van der Waals surface area contributed by atoms with Gasteiger partial charge in [-0.15, -0.1) is 0 Å². The Hall–Kier alpha value is -0.0100. The average molecular weight is 217 g/mol. The lowest BCUT2D eigenvalue weighted by Gasteiger charge is -2.19. The van der Waals surface area contributed by atoms with Crippen LogP contribution in [-0.2, 0) is 4.57 Å². The summed E-state index contributed by atoms with van der Waals surface area (Å²) >= 11 is 0. The van der Waals surface area contributed by atoms with Crippen LogP contribution in [0.25, 0.3) is 0 Å². The molecule has 0 rings (SSSR count). The van der Waals surface area contributed by atoms with Gasteiger partial charge < -0.3 is 25.5 Å². The Balaban J connectivity index is 0. The van der Waals surface area contributed by atoms with Crippen molar-refractivity contribution in [1.29, 1.82) is 0 Å². The molecule has 0 aliphatic rings. The van der Waals surface area contributed by atoms with Gasteiger partial charge in [-0.25, -0.2) is 0 Å². The summed E-state index contributed by atoms with van der Waals surface area (Å²) in [6, 6.07) is 0. The smallest absolute Gasteiger partial charge is 0.339 e. The molecule has 0 aromatic heterocycles. The standard InChI is InChI=1S/C5H14NO5P.H2O/c7-3-1-6(2-4-8)5-12(9,10)11;/h7-8H,1-5H2,(H2,9,10,11);1H2. The van der Waals surface area contributed by atoms with E-state index in [2.05, 4.69) is 0 Å². The molecule has 0 aromatic carbocycles. The molecular weight excluding hydrogens is 201 g/mol. The van der Waals surface area contributed by atoms with Crippen LogP contribution < -0.4 is 0 Å². The predicted molar refractivity (Wildman–Crippen MR) is 46.3 cm³/mol. The van der Waals surface area contributed by atoms with Crippen molar-refractivity contribution in [2.45, 2.75) is 0 Å². The molecule has 0 saturated heterocycles. The fraction of sp³-hybridized carbons (Fsp3) is 1.00. The second-order valence-electron chi connectivity index (χ2n) is 2.37. The van der Waals surface area contributed by atoms with Gasteiger partial charge in [0.25, 0.3) is 0 Å². The molecule has 8 heteroatoms. The topological polar surface area (TPSA) is 133 Å². The van der Waals surface area contributed by atoms with Crippen LogP contribution in [0.2, 0.25) is 0 Å². The SMILES string of the molecule is O.O=P(O)(O)CN(CCO)CCO. The summed E-state index contributed by atoms with van der Waals surface area (Å²) < 4.78 is 10.5. The second kappa shape index (κ2) is 7.40. The van der Waals surface area contributed by atoms with Crippen LogP contribution in [0.1, 0.15) is 0 Å². The van der Waals surface area contributed by atoms with Crippen LogP contribution in [0.4, 0.5) is 0 Å². The number of hydrogen-bond donors (Lipinski definition) is 4. The first kappa shape index (κ1) is 15.5. The first-order chi connectivity index (χ1) is 5.49. The summed E-state index contributed by atoms with van der Waals surface area (Å²) in [5, 5.41) is 17.0. The first-order valence-corrected chi connectivity index (χ1v) is 5.28. The van der Waals surface area contributed by atoms with Crippen LogP contribution in [0.15, 0.2) is 0 Å². The molecule has 0 aromatic rings. The lowest BCUT2D eigenvalue weighted by atomic mass is 10.5. The molecule has 0 atom stereocenters. The van der Waals surface area contributed by atoms with Crippen molar-refractivity contribution in [3.63, 3.8) is 0 Å². The first-order valence-electron chi connectivity index (χ1n) is 3.48. The van der Waals surface area contributed by atoms with E-state index in [1.165, 1.54) is 4.90 Å². The van der Waals surface area contributed by atoms with E-state index in [1.807, 2.05) is 0 Å². The molecule has 7 nitrogen and oxygen atoms in total. The lowest BCUT2D eigenvalue weighted by Crippen LogP contribution is -2.30. The molecule has 0 aliphatic heterocycles. The molecule has 0 amide bonds. The highest BCUT2D eigenvalue weighted by atomic mass is 31.2. The Kier molecular flexibility index (Phi) is 8.80. The molecule has 0 radical (unpaired) electrons. The van der Waals surface area contributed by atoms with Crippen molar-refractivity contribution in [3.8, 4) is 0 Å². The van der Waals surface area contributed by atoms with Crippen molar-refractivity contribution in [2.24, 2.45) is 0 Å². The third-order valence-electron chi connectivity index (χ3n) is 1.22. The van der Waals surface area contributed by atoms with Gasteiger partial charge in [0.15, 0.2) is 0 Å². The van der Waals surface area contributed by atoms with E-state index in [0.29, 0.717) is 0 Å². The Morgan fingerprint density at radius 1 is 1.08 bits per heavy atom. The van der Waals surface area contributed by atoms with E-state index in [1.54, 1.807) is 0 Å². The maximum absolute atomic E-state index is 10.5. The summed E-state index contributed by atoms with van der Waals surface area (Å²) in [4.78, 5) is 18.4. The van der Waals surface area contributed by atoms with Crippen LogP contribution in [0, 0.1) is 0 Å². The predicted octanol–water partition coefficient (Wildman–Crippen LogP) is -2.42. The normalized spacial score (nSPS) is 11.5. The average Bonchev–Trinajstić information content (AvgIpc) is 1.84. The molecule has 82 valence electrons. The summed E-state index contributed by atoms with van der Waals surface area (Å²) in [6.45, 7) is -0.0443. The minimum absolute atomic E-state index is 0. The monoisotopic (exact) mass is 217 g/mol. The quantitative estimate of drug-likeness (QED) is 0.366. The molecule has 0 spiro atoms. The largest absolute Gasteiger partial charge is 0.412 e. The molecule has 0 heterocycles. The van der Waals surface area contributed by atoms with Gasteiger partial charge in [-0.05, 0) is 0 Å². The van der Waals surface area contributed by atoms with Crippen LogP contribution in [0.5, 0.6) is 0 Å². The molecule has 6 N–H and O–H groups in total. The highest BCUT2D eigenvalue weighted by Crippen LogP contribution is 2.34. The number of nitrogens with zero attached hydrogens (tertiary/aromatic N) is 1. The zero-order valence-corrected chi connectivity index (χ0v) is 8.02. The van der Waals surface area contributed by atoms with E-state index in [4.69, 9.17) is 20.0 Å². The number of rotatable bonds is 6. The van der Waals surface area contributed by atoms with Crippen molar-refractivity contribution in [1.82, 2.24) is 4.90 Å². The van der Waals surface area contributed by atoms with Gasteiger partial charge in [0.2, 0.25) is 0 Å². The Labute approximate surface area is 76.1 Å². The van der Waals surface area contributed by atoms with Crippen molar-refractivity contribution >= 4 is 7.60 Å². The van der Waals surface area contributed by atoms with Gasteiger partial charge >= 0.3 is 7.60 Å². The Morgan fingerprint density at radius 3 is 1.69 bits per heavy atom. The zero-order chi connectivity index (χ0) is 9.61. The van der Waals surface area contributed by atoms with Gasteiger partial charge in [-0.1, -0.05) is 0 Å². The second-order valence-corrected chi connectivity index (χ2v) is 3.98. The number of hydrogen-bond acceptors (Lipinski definition) is 4. The fourth-order valence-corrected chi connectivity index (χ4v) is 1.60. The van der Waals surface area contributed by atoms with Gasteiger partial charge in [-0.2, -0.15) is 0 Å². The van der Waals surface area contributed by atoms with Crippen molar-refractivity contribution in [3.05, 3.63) is 0 Å². The molecule has 0 fully saturated rings. The van der Waals surface area contributed by atoms with Crippen LogP contribution >= 0.6 is 7.60 Å². The minimum Gasteiger partial charge on any atom is -0.412 e. The molecule has 13 heavy (non-hydrogen) atoms. The van der Waals surface area contributed by atoms with E-state index in [-0.39, 0.29) is 31.8 Å². The summed E-state index contributed by atoms with van der Waals surface area (Å²) in [5.41, 5.74) is 0. The highest BCUT2D eigenvalue weighted by molar-refractivity contribution is 7.51. The van der Waals surface area contributed by atoms with E-state index < -0.39 is 13.9 Å². The molecule has 0 saturated carbocycles. The Morgan fingerprint density at radius 2 is 1.46 bits per heavy atom. The maximum Gasteiger partial charge on any atom is 0.339 e. The van der Waals surface area contributed by atoms with E-state index in [9.17, 15) is 4.57 Å². The van der Waals surface area contributed by atoms with Gasteiger partial charge in [0, 0.05) is 13.1 Å². The van der Waals surface area contributed by atoms with Gasteiger partial charge in [-0.3, -0.25) is 9.46 Å². The summed E-state index contributed by atoms with van der Waals surface area (Å²) in [7, 11) is -4.08. The van der Waals surface area contributed by atoms with Crippen molar-refractivity contribution < 1.29 is 30.0 Å². The third-order valence-corrected chi connectivity index (χ3v) is 1.99. The minimum atomic E-state index is -4.08. The van der Waals surface area contributed by atoms with Gasteiger partial charge in [0.1, 0.15) is 6.29 Å². The molecule has 0 aliphatic carbocycles. The summed E-state index contributed by atoms with van der Waals surface area (Å²) in [6.07, 6.45) is -0.422. The Bertz CT molecular complexity index is 153. The van der Waals surface area contributed by atoms with E-state index >= 15 is 0 Å². The number of aliphatic hydroxyl groups is 2. The highest BCUT2D eigenvalue weighted by Gasteiger charge is 2.17. The lowest BCUT2D eigenvalue weighted by molar-refractivity contribution is 0.170. The maximum atomic E-state index is 10.5. The van der Waals surface area contributed by atoms with E-state index in [0.717, 1.165) is 0 Å². The van der Waals surface area contributed by atoms with Crippen LogP contribution in [-0.4, -0.2) is 63.0 Å².